The van der Waals surface area contributed by atoms with Gasteiger partial charge in [-0.05, 0) is 24.3 Å². The number of hydrogen-bond donors (Lipinski definition) is 2. The molecule has 2 N–H and O–H groups in total. The van der Waals surface area contributed by atoms with Gasteiger partial charge in [-0.15, -0.1) is 0 Å². The van der Waals surface area contributed by atoms with Gasteiger partial charge in [-0.25, -0.2) is 9.18 Å². The normalized spacial score (nSPS) is 10.2. The smallest absolute Gasteiger partial charge is 0.338 e. The largest absolute Gasteiger partial charge is 0.478 e. The zero-order valence-electron chi connectivity index (χ0n) is 10.3. The van der Waals surface area contributed by atoms with Crippen LogP contribution in [0.3, 0.4) is 0 Å². The molecule has 6 nitrogen and oxygen atoms in total. The molecular formula is C13H8ClFN2O4. The molecule has 2 aromatic rings. The summed E-state index contributed by atoms with van der Waals surface area (Å²) < 4.78 is 13.1. The number of benzene rings is 2. The van der Waals surface area contributed by atoms with E-state index in [1.807, 2.05) is 0 Å². The number of halogens is 2. The van der Waals surface area contributed by atoms with E-state index in [0.717, 1.165) is 12.1 Å². The van der Waals surface area contributed by atoms with E-state index in [1.54, 1.807) is 0 Å². The predicted molar refractivity (Wildman–Crippen MR) is 74.7 cm³/mol. The first-order valence-electron chi connectivity index (χ1n) is 5.62. The average Bonchev–Trinajstić information content (AvgIpc) is 2.43. The van der Waals surface area contributed by atoms with Gasteiger partial charge in [0.15, 0.2) is 0 Å². The van der Waals surface area contributed by atoms with Crippen molar-refractivity contribution >= 4 is 34.6 Å². The minimum atomic E-state index is -1.32. The molecule has 2 aromatic carbocycles. The maximum absolute atomic E-state index is 13.1. The minimum Gasteiger partial charge on any atom is -0.478 e. The van der Waals surface area contributed by atoms with Gasteiger partial charge in [0.2, 0.25) is 0 Å². The SMILES string of the molecule is O=C(O)c1cc([N+](=O)[O-])ccc1Nc1ccc(F)c(Cl)c1. The van der Waals surface area contributed by atoms with Gasteiger partial charge >= 0.3 is 5.97 Å². The van der Waals surface area contributed by atoms with Crippen LogP contribution in [0.5, 0.6) is 0 Å². The van der Waals surface area contributed by atoms with E-state index in [-0.39, 0.29) is 22.0 Å². The molecule has 0 aliphatic carbocycles. The molecule has 0 spiro atoms. The molecule has 21 heavy (non-hydrogen) atoms. The molecule has 0 unspecified atom stereocenters. The van der Waals surface area contributed by atoms with Gasteiger partial charge in [-0.3, -0.25) is 10.1 Å². The molecule has 0 atom stereocenters. The third-order valence-electron chi connectivity index (χ3n) is 2.64. The Balaban J connectivity index is 2.41. The van der Waals surface area contributed by atoms with Crippen molar-refractivity contribution in [1.29, 1.82) is 0 Å². The summed E-state index contributed by atoms with van der Waals surface area (Å²) in [6, 6.07) is 7.14. The lowest BCUT2D eigenvalue weighted by molar-refractivity contribution is -0.384. The number of nitro benzene ring substituents is 1. The molecule has 0 amide bonds. The fourth-order valence-corrected chi connectivity index (χ4v) is 1.84. The lowest BCUT2D eigenvalue weighted by Gasteiger charge is -2.10. The maximum Gasteiger partial charge on any atom is 0.338 e. The zero-order valence-corrected chi connectivity index (χ0v) is 11.1. The molecule has 0 bridgehead atoms. The lowest BCUT2D eigenvalue weighted by atomic mass is 10.1. The summed E-state index contributed by atoms with van der Waals surface area (Å²) in [4.78, 5) is 21.1. The molecule has 0 aliphatic rings. The number of hydrogen-bond acceptors (Lipinski definition) is 4. The number of nitrogens with one attached hydrogen (secondary N) is 1. The highest BCUT2D eigenvalue weighted by Crippen LogP contribution is 2.27. The Morgan fingerprint density at radius 2 is 2.00 bits per heavy atom. The second-order valence-corrected chi connectivity index (χ2v) is 4.45. The number of carbonyl (C=O) groups is 1. The molecule has 108 valence electrons. The number of nitro groups is 1. The van der Waals surface area contributed by atoms with Crippen molar-refractivity contribution < 1.29 is 19.2 Å². The van der Waals surface area contributed by atoms with Crippen LogP contribution in [-0.2, 0) is 0 Å². The molecule has 0 saturated carbocycles. The van der Waals surface area contributed by atoms with E-state index in [2.05, 4.69) is 5.32 Å². The third kappa shape index (κ3) is 3.26. The van der Waals surface area contributed by atoms with Crippen LogP contribution in [0.15, 0.2) is 36.4 Å². The van der Waals surface area contributed by atoms with Crippen LogP contribution >= 0.6 is 11.6 Å². The third-order valence-corrected chi connectivity index (χ3v) is 2.93. The van der Waals surface area contributed by atoms with Crippen molar-refractivity contribution in [3.63, 3.8) is 0 Å². The standard InChI is InChI=1S/C13H8ClFN2O4/c14-10-5-7(1-3-11(10)15)16-12-4-2-8(17(20)21)6-9(12)13(18)19/h1-6,16H,(H,18,19). The Hall–Kier alpha value is -2.67. The van der Waals surface area contributed by atoms with Gasteiger partial charge in [0.05, 0.1) is 21.2 Å². The quantitative estimate of drug-likeness (QED) is 0.661. The molecule has 0 saturated heterocycles. The van der Waals surface area contributed by atoms with Gasteiger partial charge in [0.1, 0.15) is 5.82 Å². The number of aromatic carboxylic acids is 1. The molecule has 0 fully saturated rings. The Morgan fingerprint density at radius 3 is 2.57 bits per heavy atom. The van der Waals surface area contributed by atoms with Crippen LogP contribution in [0, 0.1) is 15.9 Å². The fraction of sp³-hybridized carbons (Fsp3) is 0. The van der Waals surface area contributed by atoms with Crippen LogP contribution in [0.25, 0.3) is 0 Å². The van der Waals surface area contributed by atoms with E-state index in [1.165, 1.54) is 24.3 Å². The average molecular weight is 311 g/mol. The van der Waals surface area contributed by atoms with E-state index in [0.29, 0.717) is 5.69 Å². The van der Waals surface area contributed by atoms with Gasteiger partial charge < -0.3 is 10.4 Å². The van der Waals surface area contributed by atoms with Gasteiger partial charge in [-0.1, -0.05) is 11.6 Å². The van der Waals surface area contributed by atoms with Gasteiger partial charge in [0, 0.05) is 17.8 Å². The van der Waals surface area contributed by atoms with Gasteiger partial charge in [0.25, 0.3) is 5.69 Å². The number of carboxylic acids is 1. The predicted octanol–water partition coefficient (Wildman–Crippen LogP) is 3.83. The van der Waals surface area contributed by atoms with Crippen LogP contribution in [0.4, 0.5) is 21.5 Å². The number of anilines is 2. The first kappa shape index (κ1) is 14.7. The first-order chi connectivity index (χ1) is 9.88. The highest BCUT2D eigenvalue weighted by Gasteiger charge is 2.16. The molecular weight excluding hydrogens is 303 g/mol. The number of non-ortho nitro benzene ring substituents is 1. The van der Waals surface area contributed by atoms with E-state index < -0.39 is 16.7 Å². The highest BCUT2D eigenvalue weighted by molar-refractivity contribution is 6.31. The summed E-state index contributed by atoms with van der Waals surface area (Å²) in [5, 5.41) is 22.4. The topological polar surface area (TPSA) is 92.5 Å². The van der Waals surface area contributed by atoms with Crippen molar-refractivity contribution in [1.82, 2.24) is 0 Å². The van der Waals surface area contributed by atoms with Crippen LogP contribution < -0.4 is 5.32 Å². The van der Waals surface area contributed by atoms with E-state index >= 15 is 0 Å². The summed E-state index contributed by atoms with van der Waals surface area (Å²) in [5.74, 6) is -1.93. The molecule has 0 aliphatic heterocycles. The second kappa shape index (κ2) is 5.76. The monoisotopic (exact) mass is 310 g/mol. The second-order valence-electron chi connectivity index (χ2n) is 4.05. The van der Waals surface area contributed by atoms with Crippen molar-refractivity contribution in [3.05, 3.63) is 62.9 Å². The van der Waals surface area contributed by atoms with Crippen LogP contribution in [-0.4, -0.2) is 16.0 Å². The Bertz CT molecular complexity index is 736. The molecule has 0 aromatic heterocycles. The summed E-state index contributed by atoms with van der Waals surface area (Å²) in [5.41, 5.74) is -0.117. The molecule has 8 heteroatoms. The van der Waals surface area contributed by atoms with E-state index in [9.17, 15) is 19.3 Å². The molecule has 0 radical (unpaired) electrons. The Kier molecular flexibility index (Phi) is 4.04. The maximum atomic E-state index is 13.1. The summed E-state index contributed by atoms with van der Waals surface area (Å²) >= 11 is 5.63. The zero-order chi connectivity index (χ0) is 15.6. The fourth-order valence-electron chi connectivity index (χ4n) is 1.66. The highest BCUT2D eigenvalue weighted by atomic mass is 35.5. The number of nitrogens with zero attached hydrogens (tertiary/aromatic N) is 1. The summed E-state index contributed by atoms with van der Waals surface area (Å²) in [6.45, 7) is 0. The summed E-state index contributed by atoms with van der Waals surface area (Å²) in [6.07, 6.45) is 0. The summed E-state index contributed by atoms with van der Waals surface area (Å²) in [7, 11) is 0. The first-order valence-corrected chi connectivity index (χ1v) is 6.00. The van der Waals surface area contributed by atoms with Crippen LogP contribution in [0.1, 0.15) is 10.4 Å². The lowest BCUT2D eigenvalue weighted by Crippen LogP contribution is -2.04. The Labute approximate surface area is 122 Å². The van der Waals surface area contributed by atoms with Crippen molar-refractivity contribution in [2.75, 3.05) is 5.32 Å². The van der Waals surface area contributed by atoms with E-state index in [4.69, 9.17) is 16.7 Å². The minimum absolute atomic E-state index is 0.126. The Morgan fingerprint density at radius 1 is 1.29 bits per heavy atom. The van der Waals surface area contributed by atoms with Crippen molar-refractivity contribution in [2.45, 2.75) is 0 Å². The van der Waals surface area contributed by atoms with Crippen molar-refractivity contribution in [3.8, 4) is 0 Å². The number of rotatable bonds is 4. The number of carboxylic acid groups (broad SMARTS) is 1. The van der Waals surface area contributed by atoms with Gasteiger partial charge in [-0.2, -0.15) is 0 Å². The van der Waals surface area contributed by atoms with Crippen LogP contribution in [0.2, 0.25) is 5.02 Å². The molecule has 2 rings (SSSR count). The molecule has 0 heterocycles. The van der Waals surface area contributed by atoms with Crippen molar-refractivity contribution in [2.24, 2.45) is 0 Å².